The number of carbonyl (C=O) groups is 2. The number of carbonyl (C=O) groups excluding carboxylic acids is 2. The molecule has 0 saturated heterocycles. The highest BCUT2D eigenvalue weighted by Crippen LogP contribution is 2.41. The fourth-order valence-electron chi connectivity index (χ4n) is 3.28. The molecule has 1 aliphatic carbocycles. The van der Waals surface area contributed by atoms with E-state index in [-0.39, 0.29) is 11.9 Å². The average Bonchev–Trinajstić information content (AvgIpc) is 3.01. The first kappa shape index (κ1) is 22.5. The number of fused-ring (bicyclic) bond motifs is 1. The number of ether oxygens (including phenoxy) is 1. The van der Waals surface area contributed by atoms with Crippen molar-refractivity contribution < 1.29 is 14.3 Å². The van der Waals surface area contributed by atoms with Crippen molar-refractivity contribution in [3.63, 3.8) is 0 Å². The number of benzene rings is 1. The van der Waals surface area contributed by atoms with Crippen molar-refractivity contribution in [2.75, 3.05) is 11.9 Å². The SMILES string of the molecule is CCOC(=O)c1c(NC(=O)[C@H](C)Sc2cc(Cl)ccc2Cl)sc2c1CC[C@@H](C)C2. The zero-order valence-corrected chi connectivity index (χ0v) is 19.7. The van der Waals surface area contributed by atoms with Crippen LogP contribution in [0, 0.1) is 5.92 Å². The molecule has 2 atom stereocenters. The lowest BCUT2D eigenvalue weighted by molar-refractivity contribution is -0.115. The maximum absolute atomic E-state index is 12.9. The van der Waals surface area contributed by atoms with Crippen LogP contribution in [-0.4, -0.2) is 23.7 Å². The molecule has 1 aromatic heterocycles. The standard InChI is InChI=1S/C21H23Cl2NO3S2/c1-4-27-21(26)18-14-7-5-11(2)9-16(14)29-20(18)24-19(25)12(3)28-17-10-13(22)6-8-15(17)23/h6,8,10-12H,4-5,7,9H2,1-3H3,(H,24,25)/t11-,12+/m1/s1. The van der Waals surface area contributed by atoms with Crippen molar-refractivity contribution in [2.45, 2.75) is 50.2 Å². The van der Waals surface area contributed by atoms with Gasteiger partial charge in [-0.2, -0.15) is 0 Å². The summed E-state index contributed by atoms with van der Waals surface area (Å²) in [5, 5.41) is 4.23. The molecule has 1 heterocycles. The highest BCUT2D eigenvalue weighted by atomic mass is 35.5. The molecule has 1 aliphatic rings. The number of amides is 1. The maximum Gasteiger partial charge on any atom is 0.341 e. The number of thioether (sulfide) groups is 1. The van der Waals surface area contributed by atoms with Crippen LogP contribution in [0.15, 0.2) is 23.1 Å². The number of hydrogen-bond donors (Lipinski definition) is 1. The molecule has 8 heteroatoms. The Labute approximate surface area is 189 Å². The third-order valence-electron chi connectivity index (χ3n) is 4.79. The Balaban J connectivity index is 1.82. The van der Waals surface area contributed by atoms with Gasteiger partial charge in [0.2, 0.25) is 5.91 Å². The summed E-state index contributed by atoms with van der Waals surface area (Å²) in [4.78, 5) is 27.4. The highest BCUT2D eigenvalue weighted by Gasteiger charge is 2.30. The van der Waals surface area contributed by atoms with E-state index in [1.807, 2.05) is 0 Å². The number of rotatable bonds is 6. The van der Waals surface area contributed by atoms with Gasteiger partial charge in [0.25, 0.3) is 0 Å². The number of thiophene rings is 1. The second kappa shape index (κ2) is 9.73. The molecular formula is C21H23Cl2NO3S2. The zero-order valence-electron chi connectivity index (χ0n) is 16.5. The minimum Gasteiger partial charge on any atom is -0.462 e. The van der Waals surface area contributed by atoms with Crippen molar-refractivity contribution >= 4 is 63.2 Å². The molecule has 0 aliphatic heterocycles. The van der Waals surface area contributed by atoms with Crippen LogP contribution in [0.1, 0.15) is 48.0 Å². The van der Waals surface area contributed by atoms with E-state index >= 15 is 0 Å². The number of halogens is 2. The van der Waals surface area contributed by atoms with E-state index in [9.17, 15) is 9.59 Å². The number of anilines is 1. The lowest BCUT2D eigenvalue weighted by Gasteiger charge is -2.18. The molecule has 4 nitrogen and oxygen atoms in total. The van der Waals surface area contributed by atoms with E-state index in [4.69, 9.17) is 27.9 Å². The summed E-state index contributed by atoms with van der Waals surface area (Å²) in [5.41, 5.74) is 1.55. The van der Waals surface area contributed by atoms with Gasteiger partial charge in [0, 0.05) is 14.8 Å². The fraction of sp³-hybridized carbons (Fsp3) is 0.429. The molecule has 0 fully saturated rings. The molecular weight excluding hydrogens is 449 g/mol. The minimum atomic E-state index is -0.418. The third kappa shape index (κ3) is 5.29. The zero-order chi connectivity index (χ0) is 21.1. The van der Waals surface area contributed by atoms with Crippen LogP contribution in [-0.2, 0) is 22.4 Å². The maximum atomic E-state index is 12.9. The molecule has 1 amide bonds. The van der Waals surface area contributed by atoms with E-state index in [0.717, 1.165) is 29.7 Å². The molecule has 0 radical (unpaired) electrons. The molecule has 2 aromatic rings. The van der Waals surface area contributed by atoms with Crippen LogP contribution in [0.2, 0.25) is 10.0 Å². The lowest BCUT2D eigenvalue weighted by atomic mass is 9.88. The molecule has 0 unspecified atom stereocenters. The van der Waals surface area contributed by atoms with Gasteiger partial charge < -0.3 is 10.1 Å². The van der Waals surface area contributed by atoms with Crippen molar-refractivity contribution in [3.8, 4) is 0 Å². The lowest BCUT2D eigenvalue weighted by Crippen LogP contribution is -2.23. The quantitative estimate of drug-likeness (QED) is 0.387. The van der Waals surface area contributed by atoms with Crippen molar-refractivity contribution in [3.05, 3.63) is 44.2 Å². The molecule has 1 N–H and O–H groups in total. The summed E-state index contributed by atoms with van der Waals surface area (Å²) in [6.07, 6.45) is 2.78. The summed E-state index contributed by atoms with van der Waals surface area (Å²) >= 11 is 15.1. The Morgan fingerprint density at radius 1 is 1.38 bits per heavy atom. The van der Waals surface area contributed by atoms with Crippen LogP contribution in [0.25, 0.3) is 0 Å². The van der Waals surface area contributed by atoms with E-state index < -0.39 is 5.25 Å². The second-order valence-corrected chi connectivity index (χ2v) is 10.4. The van der Waals surface area contributed by atoms with Gasteiger partial charge in [0.05, 0.1) is 22.4 Å². The van der Waals surface area contributed by atoms with Crippen LogP contribution in [0.3, 0.4) is 0 Å². The van der Waals surface area contributed by atoms with E-state index in [0.29, 0.717) is 33.1 Å². The summed E-state index contributed by atoms with van der Waals surface area (Å²) in [7, 11) is 0. The first-order chi connectivity index (χ1) is 13.8. The first-order valence-electron chi connectivity index (χ1n) is 9.54. The van der Waals surface area contributed by atoms with Gasteiger partial charge in [0.1, 0.15) is 5.00 Å². The van der Waals surface area contributed by atoms with Crippen LogP contribution < -0.4 is 5.32 Å². The predicted octanol–water partition coefficient (Wildman–Crippen LogP) is 6.48. The molecule has 0 bridgehead atoms. The van der Waals surface area contributed by atoms with Gasteiger partial charge in [-0.15, -0.1) is 23.1 Å². The Kier molecular flexibility index (Phi) is 7.54. The van der Waals surface area contributed by atoms with Gasteiger partial charge in [-0.25, -0.2) is 4.79 Å². The minimum absolute atomic E-state index is 0.191. The van der Waals surface area contributed by atoms with E-state index in [1.54, 1.807) is 32.0 Å². The Hall–Kier alpha value is -1.21. The summed E-state index contributed by atoms with van der Waals surface area (Å²) in [6.45, 7) is 6.09. The Morgan fingerprint density at radius 3 is 2.86 bits per heavy atom. The van der Waals surface area contributed by atoms with Gasteiger partial charge in [-0.1, -0.05) is 30.1 Å². The number of esters is 1. The largest absolute Gasteiger partial charge is 0.462 e. The molecule has 1 aromatic carbocycles. The number of nitrogens with one attached hydrogen (secondary N) is 1. The van der Waals surface area contributed by atoms with Crippen LogP contribution >= 0.6 is 46.3 Å². The average molecular weight is 472 g/mol. The molecule has 0 saturated carbocycles. The molecule has 3 rings (SSSR count). The monoisotopic (exact) mass is 471 g/mol. The predicted molar refractivity (Wildman–Crippen MR) is 122 cm³/mol. The van der Waals surface area contributed by atoms with Gasteiger partial charge in [0.15, 0.2) is 0 Å². The normalized spacial score (nSPS) is 16.8. The van der Waals surface area contributed by atoms with Gasteiger partial charge in [-0.3, -0.25) is 4.79 Å². The first-order valence-corrected chi connectivity index (χ1v) is 12.0. The van der Waals surface area contributed by atoms with E-state index in [2.05, 4.69) is 12.2 Å². The Morgan fingerprint density at radius 2 is 2.14 bits per heavy atom. The van der Waals surface area contributed by atoms with Crippen molar-refractivity contribution in [1.29, 1.82) is 0 Å². The Bertz CT molecular complexity index is 929. The summed E-state index contributed by atoms with van der Waals surface area (Å²) < 4.78 is 5.27. The van der Waals surface area contributed by atoms with Crippen LogP contribution in [0.5, 0.6) is 0 Å². The smallest absolute Gasteiger partial charge is 0.341 e. The summed E-state index contributed by atoms with van der Waals surface area (Å²) in [5.74, 6) is 0.00970. The van der Waals surface area contributed by atoms with E-state index in [1.165, 1.54) is 28.0 Å². The summed E-state index contributed by atoms with van der Waals surface area (Å²) in [6, 6.07) is 5.17. The topological polar surface area (TPSA) is 55.4 Å². The molecule has 29 heavy (non-hydrogen) atoms. The number of hydrogen-bond acceptors (Lipinski definition) is 5. The van der Waals surface area contributed by atoms with Gasteiger partial charge >= 0.3 is 5.97 Å². The van der Waals surface area contributed by atoms with Crippen molar-refractivity contribution in [2.24, 2.45) is 5.92 Å². The van der Waals surface area contributed by atoms with Crippen LogP contribution in [0.4, 0.5) is 5.00 Å². The fourth-order valence-corrected chi connectivity index (χ4v) is 6.10. The molecule has 156 valence electrons. The second-order valence-electron chi connectivity index (χ2n) is 7.10. The van der Waals surface area contributed by atoms with Gasteiger partial charge in [-0.05, 0) is 62.8 Å². The highest BCUT2D eigenvalue weighted by molar-refractivity contribution is 8.00. The van der Waals surface area contributed by atoms with Crippen molar-refractivity contribution in [1.82, 2.24) is 0 Å². The molecule has 0 spiro atoms. The third-order valence-corrected chi connectivity index (χ3v) is 7.80.